The molecule has 0 saturated carbocycles. The highest BCUT2D eigenvalue weighted by atomic mass is 32.2. The van der Waals surface area contributed by atoms with Gasteiger partial charge in [-0.15, -0.1) is 0 Å². The van der Waals surface area contributed by atoms with Crippen LogP contribution in [0.2, 0.25) is 0 Å². The number of carboxylic acid groups (broad SMARTS) is 1. The summed E-state index contributed by atoms with van der Waals surface area (Å²) in [6.07, 6.45) is 3.63. The van der Waals surface area contributed by atoms with Crippen LogP contribution in [0.15, 0.2) is 24.3 Å². The molecule has 0 spiro atoms. The molecule has 0 aromatic heterocycles. The van der Waals surface area contributed by atoms with Crippen LogP contribution in [0.25, 0.3) is 6.08 Å². The van der Waals surface area contributed by atoms with Crippen LogP contribution < -0.4 is 0 Å². The zero-order valence-electron chi connectivity index (χ0n) is 12.0. The molecular weight excluding hydrogens is 286 g/mol. The normalized spacial score (nSPS) is 16.0. The second-order valence-electron chi connectivity index (χ2n) is 5.06. The molecule has 1 saturated heterocycles. The van der Waals surface area contributed by atoms with Gasteiger partial charge in [-0.1, -0.05) is 6.07 Å². The van der Waals surface area contributed by atoms with E-state index in [0.29, 0.717) is 5.56 Å². The van der Waals surface area contributed by atoms with Gasteiger partial charge in [0, 0.05) is 30.5 Å². The van der Waals surface area contributed by atoms with Gasteiger partial charge < -0.3 is 10.0 Å². The Morgan fingerprint density at radius 2 is 2.05 bits per heavy atom. The summed E-state index contributed by atoms with van der Waals surface area (Å²) in [6, 6.07) is 5.49. The zero-order chi connectivity index (χ0) is 15.2. The number of hydrogen-bond donors (Lipinski definition) is 1. The van der Waals surface area contributed by atoms with Gasteiger partial charge in [-0.3, -0.25) is 4.79 Å². The highest BCUT2D eigenvalue weighted by Crippen LogP contribution is 2.16. The van der Waals surface area contributed by atoms with Gasteiger partial charge in [0.05, 0.1) is 0 Å². The van der Waals surface area contributed by atoms with Crippen molar-refractivity contribution in [2.75, 3.05) is 24.6 Å². The lowest BCUT2D eigenvalue weighted by Crippen LogP contribution is -2.33. The predicted molar refractivity (Wildman–Crippen MR) is 85.7 cm³/mol. The van der Waals surface area contributed by atoms with E-state index in [2.05, 4.69) is 0 Å². The predicted octanol–water partition coefficient (Wildman–Crippen LogP) is 2.67. The maximum Gasteiger partial charge on any atom is 0.328 e. The van der Waals surface area contributed by atoms with E-state index < -0.39 is 5.97 Å². The summed E-state index contributed by atoms with van der Waals surface area (Å²) >= 11 is 1.88. The third kappa shape index (κ3) is 4.63. The molecule has 112 valence electrons. The molecule has 0 aliphatic carbocycles. The standard InChI is InChI=1S/C16H19NO3S/c1-12-9-13(3-4-15(18)19)11-14(10-12)16(20)17-5-2-7-21-8-6-17/h3-4,9-11H,2,5-8H2,1H3,(H,18,19)/b4-3+. The minimum Gasteiger partial charge on any atom is -0.478 e. The van der Waals surface area contributed by atoms with E-state index in [-0.39, 0.29) is 5.91 Å². The molecular formula is C16H19NO3S. The van der Waals surface area contributed by atoms with Gasteiger partial charge in [0.15, 0.2) is 0 Å². The summed E-state index contributed by atoms with van der Waals surface area (Å²) in [5.41, 5.74) is 2.33. The maximum absolute atomic E-state index is 12.6. The monoisotopic (exact) mass is 305 g/mol. The Morgan fingerprint density at radius 3 is 2.81 bits per heavy atom. The van der Waals surface area contributed by atoms with Crippen molar-refractivity contribution in [3.8, 4) is 0 Å². The van der Waals surface area contributed by atoms with E-state index in [1.807, 2.05) is 35.7 Å². The number of nitrogens with zero attached hydrogens (tertiary/aromatic N) is 1. The highest BCUT2D eigenvalue weighted by molar-refractivity contribution is 7.99. The zero-order valence-corrected chi connectivity index (χ0v) is 12.9. The van der Waals surface area contributed by atoms with E-state index in [0.717, 1.165) is 48.2 Å². The summed E-state index contributed by atoms with van der Waals surface area (Å²) in [5, 5.41) is 8.69. The first-order valence-electron chi connectivity index (χ1n) is 6.96. The van der Waals surface area contributed by atoms with Crippen LogP contribution in [-0.2, 0) is 4.79 Å². The Morgan fingerprint density at radius 1 is 1.24 bits per heavy atom. The minimum atomic E-state index is -0.992. The molecule has 1 N–H and O–H groups in total. The van der Waals surface area contributed by atoms with Crippen LogP contribution in [0.3, 0.4) is 0 Å². The Balaban J connectivity index is 2.21. The van der Waals surface area contributed by atoms with Crippen LogP contribution in [0, 0.1) is 6.92 Å². The van der Waals surface area contributed by atoms with Crippen LogP contribution >= 0.6 is 11.8 Å². The average molecular weight is 305 g/mol. The number of benzene rings is 1. The molecule has 1 heterocycles. The third-order valence-electron chi connectivity index (χ3n) is 3.27. The smallest absolute Gasteiger partial charge is 0.328 e. The molecule has 21 heavy (non-hydrogen) atoms. The number of carbonyl (C=O) groups excluding carboxylic acids is 1. The molecule has 1 aliphatic rings. The van der Waals surface area contributed by atoms with Crippen LogP contribution in [0.5, 0.6) is 0 Å². The number of carbonyl (C=O) groups is 2. The van der Waals surface area contributed by atoms with Crippen molar-refractivity contribution in [3.63, 3.8) is 0 Å². The van der Waals surface area contributed by atoms with Gasteiger partial charge in [0.25, 0.3) is 5.91 Å². The van der Waals surface area contributed by atoms with Crippen molar-refractivity contribution in [3.05, 3.63) is 41.0 Å². The van der Waals surface area contributed by atoms with E-state index in [4.69, 9.17) is 5.11 Å². The Kier molecular flexibility index (Phi) is 5.44. The van der Waals surface area contributed by atoms with Crippen LogP contribution in [0.1, 0.15) is 27.9 Å². The van der Waals surface area contributed by atoms with Gasteiger partial charge in [-0.05, 0) is 48.4 Å². The van der Waals surface area contributed by atoms with Crippen molar-refractivity contribution in [1.29, 1.82) is 0 Å². The molecule has 0 atom stereocenters. The largest absolute Gasteiger partial charge is 0.478 e. The van der Waals surface area contributed by atoms with Crippen molar-refractivity contribution in [2.45, 2.75) is 13.3 Å². The highest BCUT2D eigenvalue weighted by Gasteiger charge is 2.17. The molecule has 1 fully saturated rings. The van der Waals surface area contributed by atoms with E-state index in [1.54, 1.807) is 6.07 Å². The Hall–Kier alpha value is -1.75. The number of amides is 1. The average Bonchev–Trinajstić information content (AvgIpc) is 2.72. The molecule has 1 aromatic rings. The molecule has 0 radical (unpaired) electrons. The molecule has 0 bridgehead atoms. The number of aliphatic carboxylic acids is 1. The van der Waals surface area contributed by atoms with Crippen molar-refractivity contribution >= 4 is 29.7 Å². The first-order valence-corrected chi connectivity index (χ1v) is 8.11. The topological polar surface area (TPSA) is 57.6 Å². The lowest BCUT2D eigenvalue weighted by molar-refractivity contribution is -0.131. The van der Waals surface area contributed by atoms with Gasteiger partial charge in [0.2, 0.25) is 0 Å². The fourth-order valence-corrected chi connectivity index (χ4v) is 3.22. The number of aryl methyl sites for hydroxylation is 1. The van der Waals surface area contributed by atoms with Crippen molar-refractivity contribution in [2.24, 2.45) is 0 Å². The van der Waals surface area contributed by atoms with Gasteiger partial charge in [0.1, 0.15) is 0 Å². The number of hydrogen-bond acceptors (Lipinski definition) is 3. The second kappa shape index (κ2) is 7.31. The van der Waals surface area contributed by atoms with Crippen LogP contribution in [0.4, 0.5) is 0 Å². The third-order valence-corrected chi connectivity index (χ3v) is 4.32. The summed E-state index contributed by atoms with van der Waals surface area (Å²) in [5.74, 6) is 1.12. The lowest BCUT2D eigenvalue weighted by atomic mass is 10.0. The number of carboxylic acids is 1. The van der Waals surface area contributed by atoms with Crippen LogP contribution in [-0.4, -0.2) is 46.5 Å². The Bertz CT molecular complexity index is 561. The first kappa shape index (κ1) is 15.6. The second-order valence-corrected chi connectivity index (χ2v) is 6.29. The van der Waals surface area contributed by atoms with Crippen molar-refractivity contribution in [1.82, 2.24) is 4.90 Å². The summed E-state index contributed by atoms with van der Waals surface area (Å²) in [4.78, 5) is 25.1. The molecule has 1 amide bonds. The molecule has 4 nitrogen and oxygen atoms in total. The van der Waals surface area contributed by atoms with Gasteiger partial charge in [-0.2, -0.15) is 11.8 Å². The molecule has 1 aromatic carbocycles. The number of thioether (sulfide) groups is 1. The molecule has 0 unspecified atom stereocenters. The van der Waals surface area contributed by atoms with E-state index in [1.165, 1.54) is 6.08 Å². The summed E-state index contributed by atoms with van der Waals surface area (Å²) < 4.78 is 0. The van der Waals surface area contributed by atoms with E-state index >= 15 is 0 Å². The van der Waals surface area contributed by atoms with Crippen molar-refractivity contribution < 1.29 is 14.7 Å². The maximum atomic E-state index is 12.6. The first-order chi connectivity index (χ1) is 10.1. The fourth-order valence-electron chi connectivity index (χ4n) is 2.33. The molecule has 2 rings (SSSR count). The van der Waals surface area contributed by atoms with Gasteiger partial charge in [-0.25, -0.2) is 4.79 Å². The molecule has 5 heteroatoms. The quantitative estimate of drug-likeness (QED) is 0.872. The Labute approximate surface area is 128 Å². The number of rotatable bonds is 3. The van der Waals surface area contributed by atoms with E-state index in [9.17, 15) is 9.59 Å². The fraction of sp³-hybridized carbons (Fsp3) is 0.375. The van der Waals surface area contributed by atoms with Gasteiger partial charge >= 0.3 is 5.97 Å². The minimum absolute atomic E-state index is 0.0335. The summed E-state index contributed by atoms with van der Waals surface area (Å²) in [6.45, 7) is 3.48. The molecule has 1 aliphatic heterocycles. The lowest BCUT2D eigenvalue weighted by Gasteiger charge is -2.20. The SMILES string of the molecule is Cc1cc(/C=C/C(=O)O)cc(C(=O)N2CCCSCC2)c1. The summed E-state index contributed by atoms with van der Waals surface area (Å²) in [7, 11) is 0.